The number of alkyl halides is 3. The van der Waals surface area contributed by atoms with E-state index in [-0.39, 0.29) is 41.2 Å². The highest BCUT2D eigenvalue weighted by atomic mass is 19.4. The third kappa shape index (κ3) is 5.51. The fraction of sp³-hybridized carbons (Fsp3) is 0.345. The average Bonchev–Trinajstić information content (AvgIpc) is 3.30. The second kappa shape index (κ2) is 10.1. The summed E-state index contributed by atoms with van der Waals surface area (Å²) >= 11 is 0. The third-order valence-electron chi connectivity index (χ3n) is 7.90. The molecular formula is C29H26F3N7O4. The van der Waals surface area contributed by atoms with Crippen molar-refractivity contribution >= 4 is 34.3 Å². The zero-order chi connectivity index (χ0) is 30.7. The molecule has 4 aromatic rings. The largest absolute Gasteiger partial charge is 0.574 e. The molecule has 3 atom stereocenters. The second-order valence-corrected chi connectivity index (χ2v) is 11.1. The number of nitrogens with zero attached hydrogens (tertiary/aromatic N) is 6. The minimum absolute atomic E-state index is 0.135. The minimum Gasteiger partial charge on any atom is -0.388 e. The van der Waals surface area contributed by atoms with Gasteiger partial charge in [0, 0.05) is 42.4 Å². The summed E-state index contributed by atoms with van der Waals surface area (Å²) in [6.45, 7) is 4.94. The van der Waals surface area contributed by atoms with E-state index in [2.05, 4.69) is 30.1 Å². The van der Waals surface area contributed by atoms with Gasteiger partial charge >= 0.3 is 6.36 Å². The number of amides is 2. The number of halogens is 3. The molecule has 1 saturated carbocycles. The van der Waals surface area contributed by atoms with Gasteiger partial charge in [0.15, 0.2) is 5.78 Å². The zero-order valence-electron chi connectivity index (χ0n) is 23.3. The van der Waals surface area contributed by atoms with E-state index < -0.39 is 24.2 Å². The molecule has 0 spiro atoms. The Labute approximate surface area is 243 Å². The molecule has 11 nitrogen and oxygen atoms in total. The predicted octanol–water partition coefficient (Wildman–Crippen LogP) is 4.32. The number of likely N-dealkylation sites (tertiary alicyclic amines) is 1. The number of pyridine rings is 1. The number of carbonyl (C=O) groups excluding carboxylic acids is 3. The maximum absolute atomic E-state index is 13.7. The number of piperidine rings is 1. The van der Waals surface area contributed by atoms with E-state index in [0.29, 0.717) is 23.1 Å². The molecule has 1 saturated heterocycles. The van der Waals surface area contributed by atoms with Gasteiger partial charge in [-0.15, -0.1) is 13.2 Å². The molecule has 2 aliphatic rings. The number of ether oxygens (including phenoxy) is 1. The van der Waals surface area contributed by atoms with Gasteiger partial charge in [-0.05, 0) is 48.9 Å². The second-order valence-electron chi connectivity index (χ2n) is 11.1. The molecule has 222 valence electrons. The standard InChI is InChI=1S/C29H26F3N7O4/c1-15(40)26-19-9-17(18-12-33-16(2)34-13-18)7-8-20(19)38(37-26)14-25(41)39-21(10-28(3)11-22(28)39)27(42)36-23-5-4-6-24(35-23)43-29(30,31)32/h4-9,12-13,21-22H,10-11,14H2,1-3H3,(H,35,36,42)/t21-,22+,28-/m0/s1. The Morgan fingerprint density at radius 3 is 2.53 bits per heavy atom. The maximum Gasteiger partial charge on any atom is 0.574 e. The van der Waals surface area contributed by atoms with Gasteiger partial charge in [-0.3, -0.25) is 19.1 Å². The average molecular weight is 594 g/mol. The van der Waals surface area contributed by atoms with Crippen molar-refractivity contribution in [3.05, 3.63) is 60.3 Å². The van der Waals surface area contributed by atoms with Gasteiger partial charge in [0.05, 0.1) is 5.52 Å². The lowest BCUT2D eigenvalue weighted by Gasteiger charge is -2.27. The molecular weight excluding hydrogens is 567 g/mol. The summed E-state index contributed by atoms with van der Waals surface area (Å²) in [6.07, 6.45) is -0.461. The van der Waals surface area contributed by atoms with Crippen molar-refractivity contribution < 1.29 is 32.3 Å². The molecule has 6 rings (SSSR count). The van der Waals surface area contributed by atoms with Gasteiger partial charge in [0.25, 0.3) is 0 Å². The normalized spacial score (nSPS) is 21.0. The van der Waals surface area contributed by atoms with E-state index in [0.717, 1.165) is 23.6 Å². The summed E-state index contributed by atoms with van der Waals surface area (Å²) in [7, 11) is 0. The van der Waals surface area contributed by atoms with Gasteiger partial charge in [0.1, 0.15) is 29.9 Å². The number of aromatic nitrogens is 5. The Kier molecular flexibility index (Phi) is 6.66. The lowest BCUT2D eigenvalue weighted by atomic mass is 10.0. The highest BCUT2D eigenvalue weighted by molar-refractivity contribution is 6.06. The number of anilines is 1. The summed E-state index contributed by atoms with van der Waals surface area (Å²) in [5, 5.41) is 7.54. The van der Waals surface area contributed by atoms with Crippen molar-refractivity contribution in [2.75, 3.05) is 5.32 Å². The fourth-order valence-electron chi connectivity index (χ4n) is 5.72. The highest BCUT2D eigenvalue weighted by Gasteiger charge is 2.64. The lowest BCUT2D eigenvalue weighted by molar-refractivity contribution is -0.276. The molecule has 14 heteroatoms. The van der Waals surface area contributed by atoms with E-state index in [1.807, 2.05) is 19.1 Å². The van der Waals surface area contributed by atoms with Crippen LogP contribution in [-0.4, -0.2) is 65.7 Å². The Morgan fingerprint density at radius 2 is 1.84 bits per heavy atom. The van der Waals surface area contributed by atoms with E-state index in [1.54, 1.807) is 25.4 Å². The van der Waals surface area contributed by atoms with Crippen molar-refractivity contribution in [2.24, 2.45) is 5.41 Å². The van der Waals surface area contributed by atoms with Gasteiger partial charge in [-0.25, -0.2) is 9.97 Å². The van der Waals surface area contributed by atoms with Gasteiger partial charge in [-0.1, -0.05) is 19.1 Å². The van der Waals surface area contributed by atoms with Crippen LogP contribution in [0.3, 0.4) is 0 Å². The van der Waals surface area contributed by atoms with E-state index in [4.69, 9.17) is 0 Å². The number of Topliss-reactive ketones (excluding diaryl/α,β-unsaturated/α-hetero) is 1. The monoisotopic (exact) mass is 593 g/mol. The molecule has 1 aromatic carbocycles. The van der Waals surface area contributed by atoms with Crippen LogP contribution < -0.4 is 10.1 Å². The number of ketones is 1. The van der Waals surface area contributed by atoms with Gasteiger partial charge in [0.2, 0.25) is 17.7 Å². The van der Waals surface area contributed by atoms with Crippen molar-refractivity contribution in [3.63, 3.8) is 0 Å². The van der Waals surface area contributed by atoms with Crippen molar-refractivity contribution in [1.29, 1.82) is 0 Å². The predicted molar refractivity (Wildman–Crippen MR) is 147 cm³/mol. The molecule has 1 N–H and O–H groups in total. The molecule has 4 heterocycles. The summed E-state index contributed by atoms with van der Waals surface area (Å²) in [6, 6.07) is 7.99. The van der Waals surface area contributed by atoms with Crippen molar-refractivity contribution in [1.82, 2.24) is 29.6 Å². The van der Waals surface area contributed by atoms with Crippen LogP contribution in [0.5, 0.6) is 5.88 Å². The Morgan fingerprint density at radius 1 is 1.09 bits per heavy atom. The fourth-order valence-corrected chi connectivity index (χ4v) is 5.72. The number of nitrogens with one attached hydrogen (secondary N) is 1. The third-order valence-corrected chi connectivity index (χ3v) is 7.90. The zero-order valence-corrected chi connectivity index (χ0v) is 23.3. The number of benzene rings is 1. The van der Waals surface area contributed by atoms with Crippen LogP contribution in [-0.2, 0) is 16.1 Å². The maximum atomic E-state index is 13.7. The van der Waals surface area contributed by atoms with Crippen LogP contribution in [0.2, 0.25) is 0 Å². The molecule has 43 heavy (non-hydrogen) atoms. The summed E-state index contributed by atoms with van der Waals surface area (Å²) in [5.74, 6) is -1.44. The molecule has 0 radical (unpaired) electrons. The quantitative estimate of drug-likeness (QED) is 0.314. The first kappa shape index (κ1) is 28.2. The van der Waals surface area contributed by atoms with Crippen LogP contribution in [0, 0.1) is 12.3 Å². The first-order valence-electron chi connectivity index (χ1n) is 13.5. The summed E-state index contributed by atoms with van der Waals surface area (Å²) in [4.78, 5) is 53.2. The minimum atomic E-state index is -4.93. The SMILES string of the molecule is CC(=O)c1nn(CC(=O)N2[C@H](C(=O)Nc3cccc(OC(F)(F)F)n3)C[C@@]3(C)C[C@@H]23)c2ccc(-c3cnc(C)nc3)cc12. The number of rotatable bonds is 7. The van der Waals surface area contributed by atoms with E-state index in [1.165, 1.54) is 28.6 Å². The molecule has 0 unspecified atom stereocenters. The Balaban J connectivity index is 1.25. The van der Waals surface area contributed by atoms with Crippen LogP contribution in [0.25, 0.3) is 22.0 Å². The highest BCUT2D eigenvalue weighted by Crippen LogP contribution is 2.59. The Bertz CT molecular complexity index is 1770. The number of hydrogen-bond donors (Lipinski definition) is 1. The van der Waals surface area contributed by atoms with Crippen LogP contribution in [0.15, 0.2) is 48.8 Å². The smallest absolute Gasteiger partial charge is 0.388 e. The summed E-state index contributed by atoms with van der Waals surface area (Å²) in [5.41, 5.74) is 2.06. The van der Waals surface area contributed by atoms with Gasteiger partial charge in [-0.2, -0.15) is 10.1 Å². The molecule has 1 aliphatic carbocycles. The number of hydrogen-bond acceptors (Lipinski definition) is 8. The van der Waals surface area contributed by atoms with Crippen LogP contribution >= 0.6 is 0 Å². The number of carbonyl (C=O) groups is 3. The molecule has 1 aliphatic heterocycles. The lowest BCUT2D eigenvalue weighted by Crippen LogP contribution is -2.46. The number of aryl methyl sites for hydroxylation is 1. The van der Waals surface area contributed by atoms with E-state index in [9.17, 15) is 27.6 Å². The topological polar surface area (TPSA) is 132 Å². The van der Waals surface area contributed by atoms with Crippen LogP contribution in [0.4, 0.5) is 19.0 Å². The van der Waals surface area contributed by atoms with E-state index >= 15 is 0 Å². The summed E-state index contributed by atoms with van der Waals surface area (Å²) < 4.78 is 43.2. The van der Waals surface area contributed by atoms with Crippen molar-refractivity contribution in [3.8, 4) is 17.0 Å². The van der Waals surface area contributed by atoms with Gasteiger partial charge < -0.3 is 15.0 Å². The molecule has 2 fully saturated rings. The molecule has 0 bridgehead atoms. The first-order valence-corrected chi connectivity index (χ1v) is 13.5. The van der Waals surface area contributed by atoms with Crippen LogP contribution in [0.1, 0.15) is 43.0 Å². The van der Waals surface area contributed by atoms with Crippen molar-refractivity contribution in [2.45, 2.75) is 58.6 Å². The molecule has 3 aromatic heterocycles. The molecule has 2 amide bonds. The number of fused-ring (bicyclic) bond motifs is 2. The first-order chi connectivity index (χ1) is 20.3. The Hall–Kier alpha value is -4.88.